The highest BCUT2D eigenvalue weighted by atomic mass is 79.9. The number of amides is 1. The molecule has 3 rings (SSSR count). The number of carbonyl (C=O) groups is 1. The van der Waals surface area contributed by atoms with Gasteiger partial charge in [-0.2, -0.15) is 5.10 Å². The van der Waals surface area contributed by atoms with E-state index in [1.54, 1.807) is 18.0 Å². The fourth-order valence-corrected chi connectivity index (χ4v) is 4.14. The molecule has 0 fully saturated rings. The number of halogens is 1. The number of nitrogens with zero attached hydrogens (tertiary/aromatic N) is 2. The highest BCUT2D eigenvalue weighted by molar-refractivity contribution is 9.10. The summed E-state index contributed by atoms with van der Waals surface area (Å²) in [6, 6.07) is 20.3. The molecule has 0 saturated carbocycles. The van der Waals surface area contributed by atoms with E-state index in [1.807, 2.05) is 37.3 Å². The number of hydrazone groups is 1. The van der Waals surface area contributed by atoms with Crippen LogP contribution in [-0.4, -0.2) is 22.4 Å². The molecule has 1 aromatic heterocycles. The Balaban J connectivity index is 1.57. The molecule has 0 aliphatic rings. The summed E-state index contributed by atoms with van der Waals surface area (Å²) in [6.45, 7) is 4.11. The van der Waals surface area contributed by atoms with Gasteiger partial charge in [0, 0.05) is 32.9 Å². The molecule has 4 nitrogen and oxygen atoms in total. The molecule has 2 aromatic carbocycles. The van der Waals surface area contributed by atoms with Crippen molar-refractivity contribution >= 4 is 39.8 Å². The summed E-state index contributed by atoms with van der Waals surface area (Å²) < 4.78 is 3.21. The van der Waals surface area contributed by atoms with E-state index in [1.165, 1.54) is 5.56 Å². The van der Waals surface area contributed by atoms with Gasteiger partial charge in [-0.1, -0.05) is 52.3 Å². The molecule has 1 N–H and O–H groups in total. The van der Waals surface area contributed by atoms with Crippen molar-refractivity contribution in [2.24, 2.45) is 5.10 Å². The van der Waals surface area contributed by atoms with Crippen LogP contribution in [0.5, 0.6) is 0 Å². The van der Waals surface area contributed by atoms with Crippen molar-refractivity contribution < 1.29 is 4.79 Å². The van der Waals surface area contributed by atoms with E-state index in [2.05, 4.69) is 68.3 Å². The summed E-state index contributed by atoms with van der Waals surface area (Å²) in [5.74, 6) is 1.09. The van der Waals surface area contributed by atoms with E-state index < -0.39 is 0 Å². The normalized spacial score (nSPS) is 11.1. The lowest BCUT2D eigenvalue weighted by atomic mass is 10.2. The van der Waals surface area contributed by atoms with E-state index in [0.717, 1.165) is 32.9 Å². The summed E-state index contributed by atoms with van der Waals surface area (Å²) in [7, 11) is 0. The Hall–Kier alpha value is -2.31. The lowest BCUT2D eigenvalue weighted by Crippen LogP contribution is -2.19. The Labute approximate surface area is 178 Å². The number of aryl methyl sites for hydroxylation is 1. The van der Waals surface area contributed by atoms with Gasteiger partial charge >= 0.3 is 0 Å². The fraction of sp³-hybridized carbons (Fsp3) is 0.182. The molecule has 0 saturated heterocycles. The molecule has 0 unspecified atom stereocenters. The van der Waals surface area contributed by atoms with E-state index in [0.29, 0.717) is 5.75 Å². The molecule has 1 amide bonds. The van der Waals surface area contributed by atoms with Crippen molar-refractivity contribution in [2.45, 2.75) is 19.6 Å². The van der Waals surface area contributed by atoms with Gasteiger partial charge in [-0.15, -0.1) is 11.8 Å². The van der Waals surface area contributed by atoms with Crippen LogP contribution in [0.15, 0.2) is 70.2 Å². The van der Waals surface area contributed by atoms with E-state index in [4.69, 9.17) is 0 Å². The van der Waals surface area contributed by atoms with Crippen molar-refractivity contribution in [3.63, 3.8) is 0 Å². The van der Waals surface area contributed by atoms with Crippen molar-refractivity contribution in [1.82, 2.24) is 9.99 Å². The topological polar surface area (TPSA) is 46.4 Å². The smallest absolute Gasteiger partial charge is 0.250 e. The molecule has 1 heterocycles. The molecule has 144 valence electrons. The molecule has 0 bridgehead atoms. The number of hydrogen-bond donors (Lipinski definition) is 1. The Morgan fingerprint density at radius 2 is 1.93 bits per heavy atom. The fourth-order valence-electron chi connectivity index (χ4n) is 2.97. The number of nitrogens with one attached hydrogen (secondary N) is 1. The van der Waals surface area contributed by atoms with Gasteiger partial charge in [-0.05, 0) is 43.7 Å². The van der Waals surface area contributed by atoms with Gasteiger partial charge < -0.3 is 4.57 Å². The van der Waals surface area contributed by atoms with E-state index in [9.17, 15) is 4.79 Å². The van der Waals surface area contributed by atoms with Crippen molar-refractivity contribution in [1.29, 1.82) is 0 Å². The minimum Gasteiger partial charge on any atom is -0.318 e. The Morgan fingerprint density at radius 3 is 2.68 bits per heavy atom. The Morgan fingerprint density at radius 1 is 1.14 bits per heavy atom. The summed E-state index contributed by atoms with van der Waals surface area (Å²) in [5.41, 5.74) is 8.09. The maximum Gasteiger partial charge on any atom is 0.250 e. The zero-order chi connectivity index (χ0) is 19.9. The van der Waals surface area contributed by atoms with Gasteiger partial charge in [0.25, 0.3) is 0 Å². The highest BCUT2D eigenvalue weighted by Crippen LogP contribution is 2.22. The van der Waals surface area contributed by atoms with Gasteiger partial charge in [-0.3, -0.25) is 4.79 Å². The molecular weight excluding hydrogens is 434 g/mol. The highest BCUT2D eigenvalue weighted by Gasteiger charge is 2.10. The average Bonchev–Trinajstić information content (AvgIpc) is 2.96. The molecule has 0 spiro atoms. The second-order valence-electron chi connectivity index (χ2n) is 6.41. The van der Waals surface area contributed by atoms with Crippen LogP contribution in [-0.2, 0) is 10.5 Å². The third-order valence-electron chi connectivity index (χ3n) is 4.27. The maximum atomic E-state index is 12.0. The predicted molar refractivity (Wildman–Crippen MR) is 121 cm³/mol. The van der Waals surface area contributed by atoms with Gasteiger partial charge in [0.1, 0.15) is 0 Å². The molecule has 0 atom stereocenters. The van der Waals surface area contributed by atoms with Crippen molar-refractivity contribution in [3.05, 3.63) is 87.7 Å². The first-order valence-corrected chi connectivity index (χ1v) is 10.9. The van der Waals surface area contributed by atoms with Crippen LogP contribution >= 0.6 is 27.7 Å². The lowest BCUT2D eigenvalue weighted by Gasteiger charge is -2.09. The minimum absolute atomic E-state index is 0.0991. The maximum absolute atomic E-state index is 12.0. The first kappa shape index (κ1) is 20.4. The van der Waals surface area contributed by atoms with Crippen LogP contribution < -0.4 is 5.43 Å². The van der Waals surface area contributed by atoms with Gasteiger partial charge in [-0.25, -0.2) is 5.43 Å². The number of rotatable bonds is 7. The van der Waals surface area contributed by atoms with Crippen LogP contribution in [0.4, 0.5) is 0 Å². The van der Waals surface area contributed by atoms with Crippen molar-refractivity contribution in [3.8, 4) is 5.69 Å². The van der Waals surface area contributed by atoms with Crippen LogP contribution in [0, 0.1) is 13.8 Å². The third-order valence-corrected chi connectivity index (χ3v) is 5.77. The molecule has 0 aliphatic heterocycles. The SMILES string of the molecule is Cc1cc(/C=N\NC(=O)CSCc2ccccc2)c(C)n1-c1cccc(Br)c1. The second kappa shape index (κ2) is 9.75. The second-order valence-corrected chi connectivity index (χ2v) is 8.31. The van der Waals surface area contributed by atoms with Gasteiger partial charge in [0.2, 0.25) is 5.91 Å². The molecule has 28 heavy (non-hydrogen) atoms. The number of benzene rings is 2. The minimum atomic E-state index is -0.0991. The van der Waals surface area contributed by atoms with Crippen molar-refractivity contribution in [2.75, 3.05) is 5.75 Å². The summed E-state index contributed by atoms with van der Waals surface area (Å²) >= 11 is 5.09. The largest absolute Gasteiger partial charge is 0.318 e. The van der Waals surface area contributed by atoms with Crippen LogP contribution in [0.3, 0.4) is 0 Å². The summed E-state index contributed by atoms with van der Waals surface area (Å²) in [4.78, 5) is 12.0. The summed E-state index contributed by atoms with van der Waals surface area (Å²) in [6.07, 6.45) is 1.70. The van der Waals surface area contributed by atoms with Crippen LogP contribution in [0.1, 0.15) is 22.5 Å². The van der Waals surface area contributed by atoms with Crippen LogP contribution in [0.2, 0.25) is 0 Å². The zero-order valence-electron chi connectivity index (χ0n) is 15.9. The number of thioether (sulfide) groups is 1. The predicted octanol–water partition coefficient (Wildman–Crippen LogP) is 5.24. The molecule has 0 aliphatic carbocycles. The van der Waals surface area contributed by atoms with E-state index >= 15 is 0 Å². The first-order valence-electron chi connectivity index (χ1n) is 8.93. The first-order chi connectivity index (χ1) is 13.5. The molecular formula is C22H22BrN3OS. The van der Waals surface area contributed by atoms with Gasteiger partial charge in [0.15, 0.2) is 0 Å². The quantitative estimate of drug-likeness (QED) is 0.391. The number of carbonyl (C=O) groups excluding carboxylic acids is 1. The average molecular weight is 456 g/mol. The Kier molecular flexibility index (Phi) is 7.12. The lowest BCUT2D eigenvalue weighted by molar-refractivity contribution is -0.118. The third kappa shape index (κ3) is 5.36. The molecule has 3 aromatic rings. The number of aromatic nitrogens is 1. The van der Waals surface area contributed by atoms with Gasteiger partial charge in [0.05, 0.1) is 12.0 Å². The number of hydrogen-bond acceptors (Lipinski definition) is 3. The van der Waals surface area contributed by atoms with E-state index in [-0.39, 0.29) is 5.91 Å². The summed E-state index contributed by atoms with van der Waals surface area (Å²) in [5, 5.41) is 4.13. The Bertz CT molecular complexity index is 983. The monoisotopic (exact) mass is 455 g/mol. The van der Waals surface area contributed by atoms with Crippen LogP contribution in [0.25, 0.3) is 5.69 Å². The molecule has 0 radical (unpaired) electrons. The molecule has 6 heteroatoms. The standard InChI is InChI=1S/C22H22BrN3OS/c1-16-11-19(17(2)26(16)21-10-6-9-20(23)12-21)13-24-25-22(27)15-28-14-18-7-4-3-5-8-18/h3-13H,14-15H2,1-2H3,(H,25,27)/b24-13-. The zero-order valence-corrected chi connectivity index (χ0v) is 18.3.